The van der Waals surface area contributed by atoms with Gasteiger partial charge in [-0.3, -0.25) is 4.79 Å². The van der Waals surface area contributed by atoms with Gasteiger partial charge in [-0.05, 0) is 31.0 Å². The summed E-state index contributed by atoms with van der Waals surface area (Å²) in [5.74, 6) is 0.737. The Morgan fingerprint density at radius 2 is 1.94 bits per heavy atom. The maximum Gasteiger partial charge on any atom is 0.272 e. The molecule has 0 spiro atoms. The highest BCUT2D eigenvalue weighted by Crippen LogP contribution is 2.25. The summed E-state index contributed by atoms with van der Waals surface area (Å²) >= 11 is 0. The van der Waals surface area contributed by atoms with E-state index in [-0.39, 0.29) is 16.5 Å². The molecule has 3 heterocycles. The number of carbonyl (C=O) groups excluding carboxylic acids is 1. The number of benzene rings is 1. The summed E-state index contributed by atoms with van der Waals surface area (Å²) in [5.41, 5.74) is 2.73. The van der Waals surface area contributed by atoms with Crippen LogP contribution in [0.4, 0.5) is 5.69 Å². The molecule has 9 heteroatoms. The second-order valence-corrected chi connectivity index (χ2v) is 9.93. The van der Waals surface area contributed by atoms with E-state index in [1.165, 1.54) is 23.0 Å². The predicted octanol–water partition coefficient (Wildman–Crippen LogP) is 3.51. The third-order valence-corrected chi connectivity index (χ3v) is 7.90. The molecule has 1 aliphatic heterocycles. The first kappa shape index (κ1) is 22.3. The lowest BCUT2D eigenvalue weighted by Gasteiger charge is -2.17. The number of hydrogen-bond acceptors (Lipinski definition) is 4. The van der Waals surface area contributed by atoms with Crippen LogP contribution >= 0.6 is 0 Å². The zero-order valence-corrected chi connectivity index (χ0v) is 19.5. The number of aromatic nitrogens is 3. The van der Waals surface area contributed by atoms with Crippen molar-refractivity contribution in [3.63, 3.8) is 0 Å². The number of aryl methyl sites for hydroxylation is 3. The first-order valence-corrected chi connectivity index (χ1v) is 12.4. The zero-order chi connectivity index (χ0) is 22.9. The van der Waals surface area contributed by atoms with Gasteiger partial charge in [-0.25, -0.2) is 13.4 Å². The lowest BCUT2D eigenvalue weighted by molar-refractivity contribution is 0.101. The second kappa shape index (κ2) is 8.91. The average molecular weight is 456 g/mol. The molecule has 1 amide bonds. The molecule has 32 heavy (non-hydrogen) atoms. The van der Waals surface area contributed by atoms with Crippen molar-refractivity contribution in [2.45, 2.75) is 44.6 Å². The molecular weight excluding hydrogens is 426 g/mol. The molecule has 0 aliphatic carbocycles. The van der Waals surface area contributed by atoms with Gasteiger partial charge in [0, 0.05) is 56.7 Å². The minimum atomic E-state index is -3.63. The van der Waals surface area contributed by atoms with Crippen molar-refractivity contribution in [1.82, 2.24) is 18.4 Å². The summed E-state index contributed by atoms with van der Waals surface area (Å²) in [4.78, 5) is 17.8. The Labute approximate surface area is 188 Å². The Morgan fingerprint density at radius 3 is 2.66 bits per heavy atom. The molecule has 0 saturated carbocycles. The maximum atomic E-state index is 12.9. The van der Waals surface area contributed by atoms with Gasteiger partial charge in [0.05, 0.1) is 5.69 Å². The maximum absolute atomic E-state index is 12.9. The van der Waals surface area contributed by atoms with Crippen LogP contribution in [0, 0.1) is 0 Å². The lowest BCUT2D eigenvalue weighted by atomic mass is 10.1. The molecule has 0 radical (unpaired) electrons. The van der Waals surface area contributed by atoms with Gasteiger partial charge in [-0.1, -0.05) is 26.0 Å². The molecule has 8 nitrogen and oxygen atoms in total. The van der Waals surface area contributed by atoms with E-state index in [0.29, 0.717) is 18.8 Å². The Hall–Kier alpha value is -2.91. The van der Waals surface area contributed by atoms with Gasteiger partial charge in [0.15, 0.2) is 0 Å². The third kappa shape index (κ3) is 4.22. The van der Waals surface area contributed by atoms with Gasteiger partial charge in [-0.15, -0.1) is 0 Å². The Bertz CT molecular complexity index is 1210. The Balaban J connectivity index is 1.56. The number of carbonyl (C=O) groups is 1. The molecule has 0 saturated heterocycles. The summed E-state index contributed by atoms with van der Waals surface area (Å²) in [6.45, 7) is 5.33. The van der Waals surface area contributed by atoms with Crippen LogP contribution in [-0.2, 0) is 30.0 Å². The molecule has 1 N–H and O–H groups in total. The van der Waals surface area contributed by atoms with Gasteiger partial charge in [0.25, 0.3) is 5.91 Å². The molecule has 0 fully saturated rings. The van der Waals surface area contributed by atoms with Crippen molar-refractivity contribution in [3.8, 4) is 11.3 Å². The van der Waals surface area contributed by atoms with Crippen LogP contribution in [0.5, 0.6) is 0 Å². The number of rotatable bonds is 7. The van der Waals surface area contributed by atoms with E-state index in [9.17, 15) is 13.2 Å². The van der Waals surface area contributed by atoms with E-state index in [1.807, 2.05) is 24.3 Å². The SMILES string of the molecule is CCN(CC)S(=O)(=O)c1cc(C(=O)Nc2cccc(-c3cn4c(n3)CCCC4)c2)n(C)c1. The number of nitrogens with zero attached hydrogens (tertiary/aromatic N) is 4. The summed E-state index contributed by atoms with van der Waals surface area (Å²) in [5, 5.41) is 2.89. The number of hydrogen-bond donors (Lipinski definition) is 1. The number of amides is 1. The Morgan fingerprint density at radius 1 is 1.16 bits per heavy atom. The molecule has 4 rings (SSSR count). The van der Waals surface area contributed by atoms with Gasteiger partial charge < -0.3 is 14.5 Å². The lowest BCUT2D eigenvalue weighted by Crippen LogP contribution is -2.30. The standard InChI is InChI=1S/C23H29N5O3S/c1-4-28(5-2)32(30,31)19-14-21(26(3)15-19)23(29)24-18-10-8-9-17(13-18)20-16-27-12-7-6-11-22(27)25-20/h8-10,13-16H,4-7,11-12H2,1-3H3,(H,24,29). The van der Waals surface area contributed by atoms with Gasteiger partial charge in [0.1, 0.15) is 16.4 Å². The van der Waals surface area contributed by atoms with E-state index in [2.05, 4.69) is 16.1 Å². The number of anilines is 1. The van der Waals surface area contributed by atoms with Crippen molar-refractivity contribution < 1.29 is 13.2 Å². The number of imidazole rings is 1. The van der Waals surface area contributed by atoms with Crippen LogP contribution in [0.2, 0.25) is 0 Å². The molecular formula is C23H29N5O3S. The molecule has 3 aromatic rings. The van der Waals surface area contributed by atoms with E-state index >= 15 is 0 Å². The average Bonchev–Trinajstić information content (AvgIpc) is 3.38. The van der Waals surface area contributed by atoms with Crippen LogP contribution < -0.4 is 5.32 Å². The smallest absolute Gasteiger partial charge is 0.272 e. The highest BCUT2D eigenvalue weighted by Gasteiger charge is 2.25. The number of nitrogens with one attached hydrogen (secondary N) is 1. The van der Waals surface area contributed by atoms with Crippen LogP contribution in [0.15, 0.2) is 47.6 Å². The largest absolute Gasteiger partial charge is 0.345 e. The minimum absolute atomic E-state index is 0.117. The molecule has 1 aromatic carbocycles. The fourth-order valence-electron chi connectivity index (χ4n) is 4.12. The minimum Gasteiger partial charge on any atom is -0.345 e. The summed E-state index contributed by atoms with van der Waals surface area (Å²) in [6.07, 6.45) is 6.87. The zero-order valence-electron chi connectivity index (χ0n) is 18.7. The van der Waals surface area contributed by atoms with E-state index in [4.69, 9.17) is 4.98 Å². The molecule has 1 aliphatic rings. The topological polar surface area (TPSA) is 89.2 Å². The second-order valence-electron chi connectivity index (χ2n) is 7.99. The monoisotopic (exact) mass is 455 g/mol. The van der Waals surface area contributed by atoms with Gasteiger partial charge >= 0.3 is 0 Å². The van der Waals surface area contributed by atoms with Crippen molar-refractivity contribution >= 4 is 21.6 Å². The van der Waals surface area contributed by atoms with Crippen LogP contribution in [0.3, 0.4) is 0 Å². The summed E-state index contributed by atoms with van der Waals surface area (Å²) in [6, 6.07) is 8.98. The quantitative estimate of drug-likeness (QED) is 0.590. The molecule has 0 atom stereocenters. The molecule has 170 valence electrons. The van der Waals surface area contributed by atoms with Crippen molar-refractivity contribution in [1.29, 1.82) is 0 Å². The predicted molar refractivity (Wildman–Crippen MR) is 124 cm³/mol. The number of sulfonamides is 1. The Kier molecular flexibility index (Phi) is 6.21. The van der Waals surface area contributed by atoms with E-state index < -0.39 is 10.0 Å². The van der Waals surface area contributed by atoms with E-state index in [1.54, 1.807) is 25.5 Å². The fourth-order valence-corrected chi connectivity index (χ4v) is 5.65. The normalized spacial score (nSPS) is 13.9. The van der Waals surface area contributed by atoms with Crippen molar-refractivity contribution in [3.05, 3.63) is 54.2 Å². The van der Waals surface area contributed by atoms with Gasteiger partial charge in [-0.2, -0.15) is 4.31 Å². The van der Waals surface area contributed by atoms with E-state index in [0.717, 1.165) is 36.5 Å². The van der Waals surface area contributed by atoms with Crippen molar-refractivity contribution in [2.24, 2.45) is 7.05 Å². The van der Waals surface area contributed by atoms with Crippen LogP contribution in [0.1, 0.15) is 43.0 Å². The fraction of sp³-hybridized carbons (Fsp3) is 0.391. The highest BCUT2D eigenvalue weighted by atomic mass is 32.2. The van der Waals surface area contributed by atoms with Crippen LogP contribution in [0.25, 0.3) is 11.3 Å². The highest BCUT2D eigenvalue weighted by molar-refractivity contribution is 7.89. The number of fused-ring (bicyclic) bond motifs is 1. The third-order valence-electron chi connectivity index (χ3n) is 5.88. The van der Waals surface area contributed by atoms with Crippen molar-refractivity contribution in [2.75, 3.05) is 18.4 Å². The first-order valence-electron chi connectivity index (χ1n) is 11.0. The van der Waals surface area contributed by atoms with Gasteiger partial charge in [0.2, 0.25) is 10.0 Å². The molecule has 0 unspecified atom stereocenters. The summed E-state index contributed by atoms with van der Waals surface area (Å²) < 4.78 is 30.7. The molecule has 2 aromatic heterocycles. The summed E-state index contributed by atoms with van der Waals surface area (Å²) in [7, 11) is -1.96. The first-order chi connectivity index (χ1) is 15.3. The van der Waals surface area contributed by atoms with Crippen LogP contribution in [-0.4, -0.2) is 45.8 Å². The molecule has 0 bridgehead atoms.